The molecule has 14 heavy (non-hydrogen) atoms. The second-order valence-electron chi connectivity index (χ2n) is 3.66. The van der Waals surface area contributed by atoms with Crippen molar-refractivity contribution in [3.63, 3.8) is 0 Å². The topological polar surface area (TPSA) is 40.6 Å². The number of alkyl halides is 2. The average Bonchev–Trinajstić information content (AvgIpc) is 2.39. The first-order valence-electron chi connectivity index (χ1n) is 4.38. The number of urea groups is 1. The highest BCUT2D eigenvalue weighted by Gasteiger charge is 2.55. The fourth-order valence-electron chi connectivity index (χ4n) is 1.91. The van der Waals surface area contributed by atoms with Gasteiger partial charge in [0.25, 0.3) is 5.92 Å². The van der Waals surface area contributed by atoms with Crippen LogP contribution in [0.1, 0.15) is 12.8 Å². The number of fused-ring (bicyclic) bond motifs is 1. The molecular formula is C8H10F2N2O2. The largest absolute Gasteiger partial charge is 0.326 e. The lowest BCUT2D eigenvalue weighted by Gasteiger charge is -2.35. The molecule has 0 bridgehead atoms. The van der Waals surface area contributed by atoms with Gasteiger partial charge in [0.1, 0.15) is 6.04 Å². The van der Waals surface area contributed by atoms with Crippen LogP contribution in [0.3, 0.4) is 0 Å². The molecule has 0 spiro atoms. The van der Waals surface area contributed by atoms with Crippen molar-refractivity contribution in [3.8, 4) is 0 Å². The van der Waals surface area contributed by atoms with Crippen LogP contribution in [0.25, 0.3) is 0 Å². The number of hydrogen-bond acceptors (Lipinski definition) is 2. The van der Waals surface area contributed by atoms with Gasteiger partial charge in [0.15, 0.2) is 0 Å². The monoisotopic (exact) mass is 204 g/mol. The van der Waals surface area contributed by atoms with Crippen LogP contribution in [-0.4, -0.2) is 47.3 Å². The van der Waals surface area contributed by atoms with E-state index in [1.165, 1.54) is 7.05 Å². The van der Waals surface area contributed by atoms with Crippen molar-refractivity contribution >= 4 is 11.9 Å². The van der Waals surface area contributed by atoms with E-state index < -0.39 is 23.9 Å². The van der Waals surface area contributed by atoms with Gasteiger partial charge < -0.3 is 4.90 Å². The van der Waals surface area contributed by atoms with Gasteiger partial charge in [-0.2, -0.15) is 0 Å². The molecule has 2 aliphatic heterocycles. The molecule has 4 nitrogen and oxygen atoms in total. The van der Waals surface area contributed by atoms with Crippen LogP contribution in [0.5, 0.6) is 0 Å². The number of carbonyl (C=O) groups excluding carboxylic acids is 2. The van der Waals surface area contributed by atoms with Crippen molar-refractivity contribution in [2.45, 2.75) is 24.8 Å². The van der Waals surface area contributed by atoms with Crippen LogP contribution in [0.4, 0.5) is 13.6 Å². The van der Waals surface area contributed by atoms with E-state index in [1.807, 2.05) is 0 Å². The lowest BCUT2D eigenvalue weighted by Crippen LogP contribution is -2.56. The molecule has 2 rings (SSSR count). The summed E-state index contributed by atoms with van der Waals surface area (Å²) in [5.74, 6) is -3.44. The molecule has 0 aliphatic carbocycles. The van der Waals surface area contributed by atoms with Crippen molar-refractivity contribution in [1.82, 2.24) is 9.80 Å². The summed E-state index contributed by atoms with van der Waals surface area (Å²) in [5, 5.41) is 0. The molecule has 2 fully saturated rings. The van der Waals surface area contributed by atoms with E-state index in [2.05, 4.69) is 0 Å². The summed E-state index contributed by atoms with van der Waals surface area (Å²) in [6.45, 7) is 0.0358. The molecule has 0 aromatic carbocycles. The fraction of sp³-hybridized carbons (Fsp3) is 0.750. The van der Waals surface area contributed by atoms with Gasteiger partial charge in [0.2, 0.25) is 5.91 Å². The van der Waals surface area contributed by atoms with Crippen molar-refractivity contribution in [2.24, 2.45) is 0 Å². The first-order chi connectivity index (χ1) is 6.43. The third-order valence-electron chi connectivity index (χ3n) is 2.82. The molecule has 6 heteroatoms. The number of nitrogens with zero attached hydrogens (tertiary/aromatic N) is 2. The molecule has 2 heterocycles. The minimum absolute atomic E-state index is 0.0358. The molecule has 0 saturated carbocycles. The van der Waals surface area contributed by atoms with Crippen molar-refractivity contribution < 1.29 is 18.4 Å². The smallest absolute Gasteiger partial charge is 0.315 e. The summed E-state index contributed by atoms with van der Waals surface area (Å²) in [5.41, 5.74) is 0. The van der Waals surface area contributed by atoms with Gasteiger partial charge in [0, 0.05) is 20.0 Å². The van der Waals surface area contributed by atoms with Crippen LogP contribution in [0.15, 0.2) is 0 Å². The van der Waals surface area contributed by atoms with E-state index in [0.717, 1.165) is 9.80 Å². The fourth-order valence-corrected chi connectivity index (χ4v) is 1.91. The number of carbonyl (C=O) groups is 2. The summed E-state index contributed by atoms with van der Waals surface area (Å²) < 4.78 is 26.4. The Balaban J connectivity index is 2.29. The zero-order valence-corrected chi connectivity index (χ0v) is 7.67. The Morgan fingerprint density at radius 1 is 1.43 bits per heavy atom. The van der Waals surface area contributed by atoms with Gasteiger partial charge >= 0.3 is 6.03 Å². The molecule has 1 atom stereocenters. The van der Waals surface area contributed by atoms with Crippen LogP contribution >= 0.6 is 0 Å². The minimum Gasteiger partial charge on any atom is -0.315 e. The number of hydrogen-bond donors (Lipinski definition) is 0. The third kappa shape index (κ3) is 1.09. The lowest BCUT2D eigenvalue weighted by atomic mass is 10.1. The maximum atomic E-state index is 13.2. The van der Waals surface area contributed by atoms with Gasteiger partial charge in [-0.3, -0.25) is 9.69 Å². The summed E-state index contributed by atoms with van der Waals surface area (Å²) >= 11 is 0. The minimum atomic E-state index is -2.91. The zero-order chi connectivity index (χ0) is 10.5. The molecule has 0 unspecified atom stereocenters. The second-order valence-corrected chi connectivity index (χ2v) is 3.66. The first-order valence-corrected chi connectivity index (χ1v) is 4.38. The predicted octanol–water partition coefficient (Wildman–Crippen LogP) is 0.678. The Kier molecular flexibility index (Phi) is 1.77. The third-order valence-corrected chi connectivity index (χ3v) is 2.82. The van der Waals surface area contributed by atoms with E-state index in [-0.39, 0.29) is 19.4 Å². The van der Waals surface area contributed by atoms with E-state index in [9.17, 15) is 18.4 Å². The second kappa shape index (κ2) is 2.65. The Bertz CT molecular complexity index is 306. The Morgan fingerprint density at radius 2 is 2.07 bits per heavy atom. The summed E-state index contributed by atoms with van der Waals surface area (Å²) in [4.78, 5) is 24.6. The Hall–Kier alpha value is -1.20. The van der Waals surface area contributed by atoms with Gasteiger partial charge in [-0.15, -0.1) is 0 Å². The summed E-state index contributed by atoms with van der Waals surface area (Å²) in [7, 11) is 1.32. The number of imide groups is 1. The maximum absolute atomic E-state index is 13.2. The van der Waals surface area contributed by atoms with Crippen molar-refractivity contribution in [3.05, 3.63) is 0 Å². The molecule has 2 aliphatic rings. The average molecular weight is 204 g/mol. The van der Waals surface area contributed by atoms with Gasteiger partial charge in [-0.25, -0.2) is 13.6 Å². The molecule has 3 amide bonds. The number of amides is 3. The standard InChI is InChI=1S/C8H10F2N2O2/c1-11-6(13)4-5-8(9,10)2-3-12(5)7(11)14/h5H,2-4H2,1H3/t5-/m0/s1. The van der Waals surface area contributed by atoms with Crippen LogP contribution in [0, 0.1) is 0 Å². The summed E-state index contributed by atoms with van der Waals surface area (Å²) in [6.07, 6.45) is -0.611. The Labute approximate surface area is 79.5 Å². The molecule has 2 saturated heterocycles. The summed E-state index contributed by atoms with van der Waals surface area (Å²) in [6, 6.07) is -1.83. The van der Waals surface area contributed by atoms with Crippen molar-refractivity contribution in [1.29, 1.82) is 0 Å². The highest BCUT2D eigenvalue weighted by Crippen LogP contribution is 2.38. The van der Waals surface area contributed by atoms with E-state index in [0.29, 0.717) is 0 Å². The van der Waals surface area contributed by atoms with Crippen LogP contribution in [-0.2, 0) is 4.79 Å². The highest BCUT2D eigenvalue weighted by atomic mass is 19.3. The number of rotatable bonds is 0. The molecule has 0 radical (unpaired) electrons. The van der Waals surface area contributed by atoms with Crippen molar-refractivity contribution in [2.75, 3.05) is 13.6 Å². The zero-order valence-electron chi connectivity index (χ0n) is 7.67. The molecule has 0 N–H and O–H groups in total. The highest BCUT2D eigenvalue weighted by molar-refractivity contribution is 5.97. The lowest BCUT2D eigenvalue weighted by molar-refractivity contribution is -0.135. The quantitative estimate of drug-likeness (QED) is 0.582. The van der Waals surface area contributed by atoms with E-state index >= 15 is 0 Å². The molecular weight excluding hydrogens is 194 g/mol. The van der Waals surface area contributed by atoms with E-state index in [1.54, 1.807) is 0 Å². The van der Waals surface area contributed by atoms with Gasteiger partial charge in [0.05, 0.1) is 6.42 Å². The molecule has 0 aromatic heterocycles. The normalized spacial score (nSPS) is 30.9. The van der Waals surface area contributed by atoms with Crippen LogP contribution in [0.2, 0.25) is 0 Å². The first kappa shape index (κ1) is 9.36. The van der Waals surface area contributed by atoms with E-state index in [4.69, 9.17) is 0 Å². The molecule has 78 valence electrons. The Morgan fingerprint density at radius 3 is 2.71 bits per heavy atom. The van der Waals surface area contributed by atoms with Gasteiger partial charge in [-0.05, 0) is 0 Å². The SMILES string of the molecule is CN1C(=O)C[C@@H]2N(CCC2(F)F)C1=O. The van der Waals surface area contributed by atoms with Crippen LogP contribution < -0.4 is 0 Å². The molecule has 0 aromatic rings. The maximum Gasteiger partial charge on any atom is 0.326 e. The predicted molar refractivity (Wildman–Crippen MR) is 42.8 cm³/mol. The number of halogens is 2. The van der Waals surface area contributed by atoms with Gasteiger partial charge in [-0.1, -0.05) is 0 Å².